The Labute approximate surface area is 103 Å². The zero-order valence-corrected chi connectivity index (χ0v) is 9.78. The molecule has 1 aromatic carbocycles. The number of H-pyrrole nitrogens is 1. The number of aromatic amines is 1. The molecule has 2 rings (SSSR count). The third-order valence-corrected chi connectivity index (χ3v) is 2.74. The van der Waals surface area contributed by atoms with E-state index in [4.69, 9.17) is 5.73 Å². The first-order valence-corrected chi connectivity index (χ1v) is 5.35. The van der Waals surface area contributed by atoms with Crippen molar-refractivity contribution >= 4 is 29.7 Å². The minimum absolute atomic E-state index is 0.0681. The van der Waals surface area contributed by atoms with E-state index in [9.17, 15) is 9.59 Å². The second-order valence-corrected chi connectivity index (χ2v) is 4.09. The van der Waals surface area contributed by atoms with E-state index in [2.05, 4.69) is 17.8 Å². The number of nitrogens with two attached hydrogens (primary N) is 1. The number of hydrogen-bond acceptors (Lipinski definition) is 3. The molecule has 0 unspecified atom stereocenters. The largest absolute Gasteiger partial charge is 0.351 e. The molecular weight excluding hydrogens is 238 g/mol. The molecular formula is C11H11N3O2S. The van der Waals surface area contributed by atoms with Crippen LogP contribution >= 0.6 is 12.8 Å². The van der Waals surface area contributed by atoms with Gasteiger partial charge in [-0.1, -0.05) is 31.0 Å². The van der Waals surface area contributed by atoms with Crippen molar-refractivity contribution in [1.29, 1.82) is 0 Å². The quantitative estimate of drug-likeness (QED) is 0.700. The fourth-order valence-electron chi connectivity index (χ4n) is 1.55. The zero-order valence-electron chi connectivity index (χ0n) is 8.88. The maximum Gasteiger partial charge on any atom is 0.324 e. The molecule has 0 fully saturated rings. The SMILES string of the molecule is NC(=O)N(S)Cc1cc2ccccc2[nH]c1=O. The van der Waals surface area contributed by atoms with Crippen molar-refractivity contribution in [2.45, 2.75) is 6.54 Å². The molecule has 0 aliphatic heterocycles. The summed E-state index contributed by atoms with van der Waals surface area (Å²) in [6, 6.07) is 8.43. The molecule has 0 saturated heterocycles. The predicted octanol–water partition coefficient (Wildman–Crippen LogP) is 1.25. The van der Waals surface area contributed by atoms with Gasteiger partial charge < -0.3 is 10.7 Å². The Kier molecular flexibility index (Phi) is 3.06. The molecule has 2 amide bonds. The molecule has 0 saturated carbocycles. The highest BCUT2D eigenvalue weighted by molar-refractivity contribution is 7.78. The lowest BCUT2D eigenvalue weighted by molar-refractivity contribution is 0.234. The van der Waals surface area contributed by atoms with Gasteiger partial charge in [0.25, 0.3) is 5.56 Å². The number of primary amides is 1. The number of hydrogen-bond donors (Lipinski definition) is 3. The van der Waals surface area contributed by atoms with Crippen LogP contribution in [0.15, 0.2) is 35.1 Å². The lowest BCUT2D eigenvalue weighted by atomic mass is 10.1. The topological polar surface area (TPSA) is 79.2 Å². The van der Waals surface area contributed by atoms with Gasteiger partial charge in [0.05, 0.1) is 6.54 Å². The average molecular weight is 249 g/mol. The van der Waals surface area contributed by atoms with Gasteiger partial charge in [0, 0.05) is 11.1 Å². The van der Waals surface area contributed by atoms with Crippen LogP contribution in [-0.2, 0) is 6.54 Å². The normalized spacial score (nSPS) is 10.4. The summed E-state index contributed by atoms with van der Waals surface area (Å²) < 4.78 is 0.985. The van der Waals surface area contributed by atoms with Crippen LogP contribution in [0.2, 0.25) is 0 Å². The first kappa shape index (κ1) is 11.5. The number of pyridine rings is 1. The molecule has 0 atom stereocenters. The molecule has 0 spiro atoms. The summed E-state index contributed by atoms with van der Waals surface area (Å²) in [5, 5.41) is 0.897. The van der Waals surface area contributed by atoms with Crippen LogP contribution in [0.25, 0.3) is 10.9 Å². The summed E-state index contributed by atoms with van der Waals surface area (Å²) in [5.74, 6) is 0. The number of fused-ring (bicyclic) bond motifs is 1. The van der Waals surface area contributed by atoms with Gasteiger partial charge in [-0.3, -0.25) is 9.10 Å². The number of urea groups is 1. The van der Waals surface area contributed by atoms with E-state index < -0.39 is 6.03 Å². The van der Waals surface area contributed by atoms with Gasteiger partial charge in [-0.25, -0.2) is 4.79 Å². The highest BCUT2D eigenvalue weighted by atomic mass is 32.1. The van der Waals surface area contributed by atoms with E-state index in [1.807, 2.05) is 24.3 Å². The molecule has 0 aliphatic carbocycles. The second kappa shape index (κ2) is 4.50. The van der Waals surface area contributed by atoms with Gasteiger partial charge in [-0.05, 0) is 17.5 Å². The van der Waals surface area contributed by atoms with E-state index in [1.54, 1.807) is 6.07 Å². The number of carbonyl (C=O) groups is 1. The third-order valence-electron chi connectivity index (χ3n) is 2.40. The standard InChI is InChI=1S/C11H11N3O2S/c12-11(16)14(17)6-8-5-7-3-1-2-4-9(7)13-10(8)15/h1-5,17H,6H2,(H2,12,16)(H,13,15). The molecule has 2 aromatic rings. The molecule has 1 heterocycles. The fourth-order valence-corrected chi connectivity index (χ4v) is 1.70. The summed E-state index contributed by atoms with van der Waals surface area (Å²) >= 11 is 3.88. The second-order valence-electron chi connectivity index (χ2n) is 3.61. The number of benzene rings is 1. The van der Waals surface area contributed by atoms with Crippen molar-refractivity contribution in [3.05, 3.63) is 46.2 Å². The Hall–Kier alpha value is -1.95. The van der Waals surface area contributed by atoms with Crippen LogP contribution in [0.5, 0.6) is 0 Å². The summed E-state index contributed by atoms with van der Waals surface area (Å²) in [5.41, 5.74) is 6.00. The zero-order chi connectivity index (χ0) is 12.4. The number of nitrogens with zero attached hydrogens (tertiary/aromatic N) is 1. The monoisotopic (exact) mass is 249 g/mol. The van der Waals surface area contributed by atoms with E-state index in [1.165, 1.54) is 0 Å². The van der Waals surface area contributed by atoms with E-state index in [0.29, 0.717) is 5.56 Å². The molecule has 0 bridgehead atoms. The molecule has 0 radical (unpaired) electrons. The van der Waals surface area contributed by atoms with Crippen molar-refractivity contribution in [2.75, 3.05) is 0 Å². The smallest absolute Gasteiger partial charge is 0.324 e. The van der Waals surface area contributed by atoms with Crippen molar-refractivity contribution in [1.82, 2.24) is 9.29 Å². The number of nitrogens with one attached hydrogen (secondary N) is 1. The minimum Gasteiger partial charge on any atom is -0.351 e. The van der Waals surface area contributed by atoms with Crippen molar-refractivity contribution < 1.29 is 4.79 Å². The van der Waals surface area contributed by atoms with Crippen molar-refractivity contribution in [3.63, 3.8) is 0 Å². The molecule has 5 nitrogen and oxygen atoms in total. The summed E-state index contributed by atoms with van der Waals surface area (Å²) in [6.07, 6.45) is 0. The molecule has 88 valence electrons. The highest BCUT2D eigenvalue weighted by Crippen LogP contribution is 2.11. The maximum atomic E-state index is 11.7. The van der Waals surface area contributed by atoms with Gasteiger partial charge in [0.1, 0.15) is 0 Å². The van der Waals surface area contributed by atoms with Gasteiger partial charge in [0.15, 0.2) is 0 Å². The lowest BCUT2D eigenvalue weighted by Gasteiger charge is -2.12. The first-order valence-electron chi connectivity index (χ1n) is 4.95. The van der Waals surface area contributed by atoms with E-state index >= 15 is 0 Å². The molecule has 6 heteroatoms. The van der Waals surface area contributed by atoms with E-state index in [-0.39, 0.29) is 12.1 Å². The fraction of sp³-hybridized carbons (Fsp3) is 0.0909. The Morgan fingerprint density at radius 3 is 2.82 bits per heavy atom. The van der Waals surface area contributed by atoms with E-state index in [0.717, 1.165) is 15.2 Å². The van der Waals surface area contributed by atoms with Crippen LogP contribution in [0.1, 0.15) is 5.56 Å². The Bertz CT molecular complexity index is 623. The average Bonchev–Trinajstić information content (AvgIpc) is 2.29. The van der Waals surface area contributed by atoms with Gasteiger partial charge in [-0.2, -0.15) is 0 Å². The summed E-state index contributed by atoms with van der Waals surface area (Å²) in [7, 11) is 0. The molecule has 1 aromatic heterocycles. The number of carbonyl (C=O) groups excluding carboxylic acids is 1. The van der Waals surface area contributed by atoms with Crippen molar-refractivity contribution in [3.8, 4) is 0 Å². The maximum absolute atomic E-state index is 11.7. The Morgan fingerprint density at radius 1 is 1.41 bits per heavy atom. The first-order chi connectivity index (χ1) is 8.08. The van der Waals surface area contributed by atoms with Gasteiger partial charge in [0.2, 0.25) is 0 Å². The van der Waals surface area contributed by atoms with Crippen LogP contribution in [0.3, 0.4) is 0 Å². The molecule has 17 heavy (non-hydrogen) atoms. The summed E-state index contributed by atoms with van der Waals surface area (Å²) in [4.78, 5) is 25.3. The van der Waals surface area contributed by atoms with Crippen molar-refractivity contribution in [2.24, 2.45) is 5.73 Å². The number of amides is 2. The predicted molar refractivity (Wildman–Crippen MR) is 68.7 cm³/mol. The van der Waals surface area contributed by atoms with Crippen LogP contribution in [0, 0.1) is 0 Å². The third kappa shape index (κ3) is 2.42. The van der Waals surface area contributed by atoms with Crippen LogP contribution in [-0.4, -0.2) is 15.3 Å². The molecule has 3 N–H and O–H groups in total. The number of rotatable bonds is 2. The highest BCUT2D eigenvalue weighted by Gasteiger charge is 2.09. The number of thiol groups is 1. The number of aromatic nitrogens is 1. The number of para-hydroxylation sites is 1. The Balaban J connectivity index is 2.44. The van der Waals surface area contributed by atoms with Gasteiger partial charge >= 0.3 is 6.03 Å². The summed E-state index contributed by atoms with van der Waals surface area (Å²) in [6.45, 7) is 0.0681. The lowest BCUT2D eigenvalue weighted by Crippen LogP contribution is -2.29. The van der Waals surface area contributed by atoms with Crippen LogP contribution < -0.4 is 11.3 Å². The molecule has 0 aliphatic rings. The minimum atomic E-state index is -0.694. The Morgan fingerprint density at radius 2 is 2.12 bits per heavy atom. The van der Waals surface area contributed by atoms with Gasteiger partial charge in [-0.15, -0.1) is 0 Å². The van der Waals surface area contributed by atoms with Crippen LogP contribution in [0.4, 0.5) is 4.79 Å².